The van der Waals surface area contributed by atoms with Gasteiger partial charge in [0.15, 0.2) is 0 Å². The van der Waals surface area contributed by atoms with Gasteiger partial charge in [-0.25, -0.2) is 14.8 Å². The Balaban J connectivity index is 0.000000162. The van der Waals surface area contributed by atoms with E-state index in [-0.39, 0.29) is 34.5 Å². The fourth-order valence-electron chi connectivity index (χ4n) is 13.1. The molecule has 484 valence electrons. The molecule has 2 spiro atoms. The van der Waals surface area contributed by atoms with E-state index >= 15 is 0 Å². The van der Waals surface area contributed by atoms with E-state index in [1.54, 1.807) is 101 Å². The number of anilines is 6. The summed E-state index contributed by atoms with van der Waals surface area (Å²) < 4.78 is 11.1. The summed E-state index contributed by atoms with van der Waals surface area (Å²) in [5, 5.41) is 15.8. The van der Waals surface area contributed by atoms with Crippen molar-refractivity contribution >= 4 is 115 Å². The van der Waals surface area contributed by atoms with E-state index < -0.39 is 11.2 Å². The van der Waals surface area contributed by atoms with Crippen LogP contribution in [-0.4, -0.2) is 135 Å². The maximum Gasteiger partial charge on any atom is 0.345 e. The van der Waals surface area contributed by atoms with Crippen molar-refractivity contribution in [3.05, 3.63) is 200 Å². The van der Waals surface area contributed by atoms with Crippen molar-refractivity contribution in [1.29, 1.82) is 0 Å². The molecule has 18 nitrogen and oxygen atoms in total. The van der Waals surface area contributed by atoms with Gasteiger partial charge in [-0.1, -0.05) is 48.0 Å². The summed E-state index contributed by atoms with van der Waals surface area (Å²) in [7, 11) is 3.85. The Bertz CT molecular complexity index is 3960. The second-order valence-electron chi connectivity index (χ2n) is 24.9. The number of amides is 4. The zero-order valence-electron chi connectivity index (χ0n) is 52.6. The van der Waals surface area contributed by atoms with Crippen LogP contribution in [0.1, 0.15) is 111 Å². The molecular weight excluding hydrogens is 1270 g/mol. The molecule has 4 amide bonds. The van der Waals surface area contributed by atoms with Crippen LogP contribution in [0.2, 0.25) is 0 Å². The first kappa shape index (κ1) is 65.3. The molecule has 0 saturated carbocycles. The summed E-state index contributed by atoms with van der Waals surface area (Å²) in [6.07, 6.45) is 8.73. The first-order valence-electron chi connectivity index (χ1n) is 31.3. The van der Waals surface area contributed by atoms with Gasteiger partial charge in [0, 0.05) is 146 Å². The topological polar surface area (TPSA) is 207 Å². The normalized spacial score (nSPS) is 16.2. The SMILES string of the molecule is CC(C)=C(Cl)N(C)C.O=C(Cl)c1cc2c(s1)-c1ccccc1N(C(=O)c1ccc(NC(=O)c3cccnc3N3CC4(CCOCC4)C3)cc1)CC2.O=C(O)c1cc2c(s1)-c1ccccc1N(C(=O)c1ccc(NC(=O)c3cccnc3N3CC4(CCOCC4)C3)cc1)CC2. The van der Waals surface area contributed by atoms with Gasteiger partial charge in [0.2, 0.25) is 0 Å². The first-order chi connectivity index (χ1) is 45.4. The molecule has 8 aromatic rings. The van der Waals surface area contributed by atoms with Crippen molar-refractivity contribution in [3.8, 4) is 20.9 Å². The van der Waals surface area contributed by atoms with Gasteiger partial charge >= 0.3 is 5.97 Å². The highest BCUT2D eigenvalue weighted by Gasteiger charge is 2.46. The van der Waals surface area contributed by atoms with Gasteiger partial charge in [0.05, 0.1) is 27.4 Å². The molecule has 0 atom stereocenters. The van der Waals surface area contributed by atoms with Crippen LogP contribution >= 0.6 is 45.9 Å². The zero-order valence-corrected chi connectivity index (χ0v) is 55.7. The molecule has 0 bridgehead atoms. The molecule has 0 unspecified atom stereocenters. The standard InChI is InChI=1S/C33H29ClN4O4S.C33H30N4O5S.C6H12ClN/c34-29(39)27-18-22-11-15-38(26-6-2-1-4-24(26)28(22)43-27)32(41)21-7-9-23(10-8-21)36-31(40)25-5-3-14-35-30(25)37-19-33(20-37)12-16-42-17-13-33;38-30(25-5-3-14-34-29(25)36-19-33(20-36)12-16-42-17-13-33)35-23-9-7-21(8-10-23)31(39)37-15-11-22-18-27(32(40)41)43-28(22)24-4-1-2-6-26(24)37;1-5(2)6(7)8(3)4/h1-10,14,18H,11-13,15-17,19-20H2,(H,36,40);1-10,14,18H,11-13,15-17,19-20H2,(H,35,38)(H,40,41);1-4H3. The number of pyridine rings is 2. The number of ether oxygens (including phenoxy) is 2. The Labute approximate surface area is 563 Å². The number of thiophene rings is 2. The number of para-hydroxylation sites is 2. The zero-order chi connectivity index (χ0) is 65.8. The lowest BCUT2D eigenvalue weighted by Crippen LogP contribution is -2.59. The average Bonchev–Trinajstić information content (AvgIpc) is 1.04. The highest BCUT2D eigenvalue weighted by molar-refractivity contribution is 7.19. The number of carbonyl (C=O) groups excluding carboxylic acids is 5. The summed E-state index contributed by atoms with van der Waals surface area (Å²) in [6.45, 7) is 11.5. The lowest BCUT2D eigenvalue weighted by atomic mass is 9.73. The van der Waals surface area contributed by atoms with E-state index in [0.29, 0.717) is 80.9 Å². The third kappa shape index (κ3) is 13.9. The van der Waals surface area contributed by atoms with Crippen molar-refractivity contribution in [2.75, 3.05) is 110 Å². The number of rotatable bonds is 11. The van der Waals surface area contributed by atoms with Gasteiger partial charge < -0.3 is 49.7 Å². The Kier molecular flexibility index (Phi) is 19.5. The van der Waals surface area contributed by atoms with E-state index in [2.05, 4.69) is 30.4 Å². The molecule has 0 radical (unpaired) electrons. The van der Waals surface area contributed by atoms with Crippen molar-refractivity contribution in [2.24, 2.45) is 10.8 Å². The molecule has 6 aliphatic heterocycles. The minimum atomic E-state index is -0.945. The lowest BCUT2D eigenvalue weighted by molar-refractivity contribution is -0.000650. The minimum Gasteiger partial charge on any atom is -0.477 e. The maximum absolute atomic E-state index is 13.8. The van der Waals surface area contributed by atoms with E-state index in [9.17, 15) is 33.9 Å². The Hall–Kier alpha value is -8.76. The fourth-order valence-corrected chi connectivity index (χ4v) is 15.4. The fraction of sp³-hybridized carbons (Fsp3) is 0.306. The predicted molar refractivity (Wildman–Crippen MR) is 372 cm³/mol. The van der Waals surface area contributed by atoms with E-state index in [0.717, 1.165) is 132 Å². The van der Waals surface area contributed by atoms with Crippen molar-refractivity contribution < 1.29 is 43.3 Å². The number of benzene rings is 4. The Morgan fingerprint density at radius 3 is 1.34 bits per heavy atom. The number of carbonyl (C=O) groups is 6. The number of allylic oxidation sites excluding steroid dienone is 1. The van der Waals surface area contributed by atoms with Crippen LogP contribution < -0.4 is 30.2 Å². The van der Waals surface area contributed by atoms with Gasteiger partial charge in [-0.3, -0.25) is 24.0 Å². The molecule has 94 heavy (non-hydrogen) atoms. The molecule has 22 heteroatoms. The smallest absolute Gasteiger partial charge is 0.345 e. The third-order valence-corrected chi connectivity index (χ3v) is 21.5. The van der Waals surface area contributed by atoms with Gasteiger partial charge in [-0.05, 0) is 178 Å². The number of fused-ring (bicyclic) bond motifs is 6. The minimum absolute atomic E-state index is 0.136. The Morgan fingerprint density at radius 1 is 0.553 bits per heavy atom. The third-order valence-electron chi connectivity index (χ3n) is 18.1. The predicted octanol–water partition coefficient (Wildman–Crippen LogP) is 13.9. The first-order valence-corrected chi connectivity index (χ1v) is 33.7. The van der Waals surface area contributed by atoms with Gasteiger partial charge in [0.25, 0.3) is 28.9 Å². The average molecular weight is 1340 g/mol. The molecule has 0 aliphatic carbocycles. The van der Waals surface area contributed by atoms with E-state index in [1.807, 2.05) is 87.4 Å². The summed E-state index contributed by atoms with van der Waals surface area (Å²) in [5.74, 6) is -0.343. The summed E-state index contributed by atoms with van der Waals surface area (Å²) in [5.41, 5.74) is 10.1. The second kappa shape index (κ2) is 28.1. The number of carboxylic acid groups (broad SMARTS) is 1. The number of nitrogens with zero attached hydrogens (tertiary/aromatic N) is 7. The number of hydrogen-bond donors (Lipinski definition) is 3. The lowest BCUT2D eigenvalue weighted by Gasteiger charge is -2.53. The summed E-state index contributed by atoms with van der Waals surface area (Å²) in [6, 6.07) is 39.9. The van der Waals surface area contributed by atoms with Crippen LogP contribution in [0.25, 0.3) is 20.9 Å². The van der Waals surface area contributed by atoms with Crippen molar-refractivity contribution in [2.45, 2.75) is 52.4 Å². The number of nitrogens with one attached hydrogen (secondary N) is 2. The second-order valence-corrected chi connectivity index (χ2v) is 27.7. The monoisotopic (exact) mass is 1340 g/mol. The number of hydrogen-bond acceptors (Lipinski definition) is 15. The molecule has 4 aromatic carbocycles. The molecule has 4 fully saturated rings. The highest BCUT2D eigenvalue weighted by Crippen LogP contribution is 2.46. The molecule has 4 saturated heterocycles. The molecule has 6 aliphatic rings. The molecular formula is C72H71Cl2N9O9S2. The maximum atomic E-state index is 13.8. The molecule has 10 heterocycles. The van der Waals surface area contributed by atoms with Crippen LogP contribution in [0.5, 0.6) is 0 Å². The molecule has 4 aromatic heterocycles. The van der Waals surface area contributed by atoms with Crippen molar-refractivity contribution in [3.63, 3.8) is 0 Å². The van der Waals surface area contributed by atoms with Crippen molar-refractivity contribution in [1.82, 2.24) is 14.9 Å². The molecule has 3 N–H and O–H groups in total. The number of aromatic carboxylic acids is 1. The van der Waals surface area contributed by atoms with Gasteiger partial charge in [-0.2, -0.15) is 0 Å². The Morgan fingerprint density at radius 2 is 0.957 bits per heavy atom. The van der Waals surface area contributed by atoms with Crippen LogP contribution in [-0.2, 0) is 22.3 Å². The van der Waals surface area contributed by atoms with Crippen LogP contribution in [0.4, 0.5) is 34.4 Å². The summed E-state index contributed by atoms with van der Waals surface area (Å²) in [4.78, 5) is 99.0. The van der Waals surface area contributed by atoms with Crippen LogP contribution in [0, 0.1) is 10.8 Å². The van der Waals surface area contributed by atoms with E-state index in [4.69, 9.17) is 32.7 Å². The van der Waals surface area contributed by atoms with Gasteiger partial charge in [-0.15, -0.1) is 22.7 Å². The van der Waals surface area contributed by atoms with E-state index in [1.165, 1.54) is 22.7 Å². The number of aromatic nitrogens is 2. The number of carboxylic acids is 1. The quantitative estimate of drug-likeness (QED) is 0.0814. The largest absolute Gasteiger partial charge is 0.477 e. The van der Waals surface area contributed by atoms with Crippen LogP contribution in [0.15, 0.2) is 157 Å². The highest BCUT2D eigenvalue weighted by atomic mass is 35.5. The summed E-state index contributed by atoms with van der Waals surface area (Å²) >= 11 is 14.1. The van der Waals surface area contributed by atoms with Crippen LogP contribution in [0.3, 0.4) is 0 Å². The number of halogens is 2. The van der Waals surface area contributed by atoms with Gasteiger partial charge in [0.1, 0.15) is 21.7 Å². The molecule has 14 rings (SSSR count).